The molecule has 0 unspecified atom stereocenters. The van der Waals surface area contributed by atoms with Crippen molar-refractivity contribution in [2.45, 2.75) is 69.8 Å². The van der Waals surface area contributed by atoms with E-state index in [1.165, 1.54) is 17.0 Å². The van der Waals surface area contributed by atoms with E-state index in [9.17, 15) is 32.7 Å². The molecule has 2 aromatic heterocycles. The molecule has 16 heteroatoms. The second-order valence-electron chi connectivity index (χ2n) is 15.7. The van der Waals surface area contributed by atoms with Gasteiger partial charge in [-0.25, -0.2) is 9.78 Å². The molecule has 5 heterocycles. The van der Waals surface area contributed by atoms with Crippen LogP contribution in [0.1, 0.15) is 72.6 Å². The standard InChI is InChI=1S/C41H48F3N9O4/c42-41(43,44)29-3-1-2-28(22-29)38(56)48-39-46-35-23-33(10-11-36(35)53(39)32-7-4-27(26-54)5-8-32)51-20-18-50(19-21-51)31-12-15-49(16-13-31)25-30-6-9-34(24-45-30)52-17-14-37(55)47-40(52)57/h1-3,6,9-11,22-24,27,31-32,54H,4-5,7-8,12-21,25-26H2,(H,46,48,56)(H,47,55,57). The summed E-state index contributed by atoms with van der Waals surface area (Å²) >= 11 is 0. The van der Waals surface area contributed by atoms with Gasteiger partial charge in [-0.05, 0) is 93.0 Å². The zero-order valence-corrected chi connectivity index (χ0v) is 31.8. The van der Waals surface area contributed by atoms with E-state index in [2.05, 4.69) is 36.4 Å². The van der Waals surface area contributed by atoms with Crippen molar-refractivity contribution in [2.24, 2.45) is 5.92 Å². The number of imide groups is 1. The number of aliphatic hydroxyl groups is 1. The smallest absolute Gasteiger partial charge is 0.396 e. The molecule has 1 aliphatic carbocycles. The van der Waals surface area contributed by atoms with Crippen molar-refractivity contribution in [3.05, 3.63) is 77.6 Å². The first-order valence-corrected chi connectivity index (χ1v) is 19.9. The van der Waals surface area contributed by atoms with Gasteiger partial charge in [-0.3, -0.25) is 39.9 Å². The van der Waals surface area contributed by atoms with Crippen LogP contribution >= 0.6 is 0 Å². The Morgan fingerprint density at radius 3 is 2.30 bits per heavy atom. The highest BCUT2D eigenvalue weighted by molar-refractivity contribution is 6.05. The number of urea groups is 1. The van der Waals surface area contributed by atoms with E-state index in [0.717, 1.165) is 113 Å². The number of rotatable bonds is 9. The number of piperidine rings is 1. The highest BCUT2D eigenvalue weighted by Crippen LogP contribution is 2.38. The van der Waals surface area contributed by atoms with Crippen molar-refractivity contribution in [1.29, 1.82) is 0 Å². The molecule has 8 rings (SSSR count). The monoisotopic (exact) mass is 787 g/mol. The van der Waals surface area contributed by atoms with E-state index >= 15 is 0 Å². The number of halogens is 3. The lowest BCUT2D eigenvalue weighted by Crippen LogP contribution is -2.53. The molecule has 4 fully saturated rings. The maximum absolute atomic E-state index is 13.4. The lowest BCUT2D eigenvalue weighted by atomic mass is 9.86. The topological polar surface area (TPSA) is 139 Å². The predicted molar refractivity (Wildman–Crippen MR) is 209 cm³/mol. The van der Waals surface area contributed by atoms with Crippen LogP contribution in [-0.4, -0.2) is 106 Å². The molecule has 0 spiro atoms. The van der Waals surface area contributed by atoms with Gasteiger partial charge in [0.15, 0.2) is 0 Å². The average molecular weight is 788 g/mol. The number of amides is 4. The van der Waals surface area contributed by atoms with E-state index in [0.29, 0.717) is 29.7 Å². The first-order valence-electron chi connectivity index (χ1n) is 19.9. The van der Waals surface area contributed by atoms with E-state index in [4.69, 9.17) is 4.98 Å². The molecule has 0 bridgehead atoms. The number of likely N-dealkylation sites (tertiary alicyclic amines) is 1. The quantitative estimate of drug-likeness (QED) is 0.196. The summed E-state index contributed by atoms with van der Waals surface area (Å²) in [5.41, 5.74) is 3.25. The Labute approximate surface area is 328 Å². The van der Waals surface area contributed by atoms with Crippen molar-refractivity contribution >= 4 is 46.2 Å². The van der Waals surface area contributed by atoms with Crippen LogP contribution in [0.4, 0.5) is 35.3 Å². The summed E-state index contributed by atoms with van der Waals surface area (Å²) in [6, 6.07) is 14.5. The number of nitrogens with zero attached hydrogens (tertiary/aromatic N) is 7. The van der Waals surface area contributed by atoms with Gasteiger partial charge in [0.05, 0.1) is 34.2 Å². The number of anilines is 3. The number of hydrogen-bond donors (Lipinski definition) is 3. The number of carbonyl (C=O) groups excluding carboxylic acids is 3. The van der Waals surface area contributed by atoms with Gasteiger partial charge in [-0.2, -0.15) is 13.2 Å². The van der Waals surface area contributed by atoms with Gasteiger partial charge in [0.1, 0.15) is 0 Å². The van der Waals surface area contributed by atoms with Crippen LogP contribution < -0.4 is 20.4 Å². The van der Waals surface area contributed by atoms with Gasteiger partial charge in [-0.1, -0.05) is 6.07 Å². The molecule has 4 amide bonds. The summed E-state index contributed by atoms with van der Waals surface area (Å²) in [6.45, 7) is 6.74. The Hall–Kier alpha value is -5.06. The molecule has 13 nitrogen and oxygen atoms in total. The van der Waals surface area contributed by atoms with Gasteiger partial charge >= 0.3 is 12.2 Å². The molecular weight excluding hydrogens is 740 g/mol. The Morgan fingerprint density at radius 2 is 1.61 bits per heavy atom. The number of alkyl halides is 3. The van der Waals surface area contributed by atoms with Crippen molar-refractivity contribution < 1.29 is 32.7 Å². The molecule has 1 saturated carbocycles. The van der Waals surface area contributed by atoms with Crippen LogP contribution in [-0.2, 0) is 17.5 Å². The van der Waals surface area contributed by atoms with Crippen LogP contribution in [0.2, 0.25) is 0 Å². The fourth-order valence-electron chi connectivity index (χ4n) is 8.84. The van der Waals surface area contributed by atoms with Crippen molar-refractivity contribution in [3.8, 4) is 0 Å². The number of hydrogen-bond acceptors (Lipinski definition) is 9. The summed E-state index contributed by atoms with van der Waals surface area (Å²) in [5.74, 6) is -0.373. The number of carbonyl (C=O) groups is 3. The minimum atomic E-state index is -4.57. The number of benzene rings is 2. The van der Waals surface area contributed by atoms with E-state index in [1.807, 2.05) is 28.8 Å². The number of pyridine rings is 1. The largest absolute Gasteiger partial charge is 0.416 e. The van der Waals surface area contributed by atoms with Crippen LogP contribution in [0.25, 0.3) is 11.0 Å². The van der Waals surface area contributed by atoms with Gasteiger partial charge < -0.3 is 14.6 Å². The molecule has 302 valence electrons. The lowest BCUT2D eigenvalue weighted by molar-refractivity contribution is -0.137. The lowest BCUT2D eigenvalue weighted by Gasteiger charge is -2.43. The first-order chi connectivity index (χ1) is 27.5. The number of nitrogens with one attached hydrogen (secondary N) is 2. The fraction of sp³-hybridized carbons (Fsp3) is 0.488. The normalized spacial score (nSPS) is 21.9. The third-order valence-electron chi connectivity index (χ3n) is 12.1. The Kier molecular flexibility index (Phi) is 11.2. The molecular formula is C41H48F3N9O4. The summed E-state index contributed by atoms with van der Waals surface area (Å²) in [5, 5.41) is 14.9. The second kappa shape index (κ2) is 16.4. The highest BCUT2D eigenvalue weighted by Gasteiger charge is 2.33. The third kappa shape index (κ3) is 8.62. The summed E-state index contributed by atoms with van der Waals surface area (Å²) in [6.07, 6.45) is 2.80. The fourth-order valence-corrected chi connectivity index (χ4v) is 8.84. The van der Waals surface area contributed by atoms with E-state index in [-0.39, 0.29) is 36.5 Å². The van der Waals surface area contributed by atoms with Crippen LogP contribution in [0.3, 0.4) is 0 Å². The van der Waals surface area contributed by atoms with E-state index < -0.39 is 23.7 Å². The number of piperazine rings is 1. The molecule has 3 aliphatic heterocycles. The molecule has 4 aliphatic rings. The Balaban J connectivity index is 0.887. The number of aromatic nitrogens is 3. The molecule has 4 aromatic rings. The number of imidazole rings is 1. The zero-order valence-electron chi connectivity index (χ0n) is 31.8. The summed E-state index contributed by atoms with van der Waals surface area (Å²) in [7, 11) is 0. The summed E-state index contributed by atoms with van der Waals surface area (Å²) < 4.78 is 42.3. The Morgan fingerprint density at radius 1 is 0.860 bits per heavy atom. The third-order valence-corrected chi connectivity index (χ3v) is 12.1. The van der Waals surface area contributed by atoms with Gasteiger partial charge in [0.2, 0.25) is 11.9 Å². The van der Waals surface area contributed by atoms with Gasteiger partial charge in [0, 0.05) is 88.7 Å². The van der Waals surface area contributed by atoms with Crippen LogP contribution in [0.5, 0.6) is 0 Å². The zero-order chi connectivity index (χ0) is 39.7. The predicted octanol–water partition coefficient (Wildman–Crippen LogP) is 5.66. The van der Waals surface area contributed by atoms with Gasteiger partial charge in [-0.15, -0.1) is 0 Å². The molecule has 57 heavy (non-hydrogen) atoms. The number of fused-ring (bicyclic) bond motifs is 1. The minimum Gasteiger partial charge on any atom is -0.396 e. The van der Waals surface area contributed by atoms with Crippen molar-refractivity contribution in [3.63, 3.8) is 0 Å². The molecule has 0 radical (unpaired) electrons. The Bertz CT molecular complexity index is 2090. The van der Waals surface area contributed by atoms with Crippen LogP contribution in [0, 0.1) is 5.92 Å². The summed E-state index contributed by atoms with van der Waals surface area (Å²) in [4.78, 5) is 55.4. The molecule has 3 saturated heterocycles. The number of aliphatic hydroxyl groups excluding tert-OH is 1. The minimum absolute atomic E-state index is 0.0235. The van der Waals surface area contributed by atoms with Crippen LogP contribution in [0.15, 0.2) is 60.8 Å². The van der Waals surface area contributed by atoms with Gasteiger partial charge in [0.25, 0.3) is 5.91 Å². The first kappa shape index (κ1) is 38.8. The average Bonchev–Trinajstić information content (AvgIpc) is 3.58. The maximum atomic E-state index is 13.4. The maximum Gasteiger partial charge on any atom is 0.416 e. The van der Waals surface area contributed by atoms with Crippen molar-refractivity contribution in [2.75, 3.05) is 67.5 Å². The molecule has 2 aromatic carbocycles. The second-order valence-corrected chi connectivity index (χ2v) is 15.7. The van der Waals surface area contributed by atoms with Crippen molar-refractivity contribution in [1.82, 2.24) is 29.7 Å². The highest BCUT2D eigenvalue weighted by atomic mass is 19.4. The molecule has 0 atom stereocenters. The molecule has 3 N–H and O–H groups in total. The SMILES string of the molecule is O=C1CCN(c2ccc(CN3CCC(N4CCN(c5ccc6c(c5)nc(NC(=O)c5cccc(C(F)(F)F)c5)n6C5CCC(CO)CC5)CC4)CC3)nc2)C(=O)N1. The van der Waals surface area contributed by atoms with E-state index in [1.54, 1.807) is 6.20 Å².